The molecule has 0 atom stereocenters. The van der Waals surface area contributed by atoms with E-state index < -0.39 is 10.0 Å². The third kappa shape index (κ3) is 4.29. The van der Waals surface area contributed by atoms with Crippen molar-refractivity contribution in [1.82, 2.24) is 19.2 Å². The van der Waals surface area contributed by atoms with Gasteiger partial charge in [-0.1, -0.05) is 4.49 Å². The first-order valence-electron chi connectivity index (χ1n) is 10.2. The summed E-state index contributed by atoms with van der Waals surface area (Å²) in [4.78, 5) is 15.4. The largest absolute Gasteiger partial charge is 0.338 e. The number of hydrogen-bond acceptors (Lipinski definition) is 6. The van der Waals surface area contributed by atoms with Crippen LogP contribution in [0.5, 0.6) is 0 Å². The molecule has 30 heavy (non-hydrogen) atoms. The molecule has 3 rings (SSSR count). The van der Waals surface area contributed by atoms with Crippen LogP contribution in [0, 0.1) is 47.5 Å². The quantitative estimate of drug-likeness (QED) is 0.755. The Kier molecular flexibility index (Phi) is 6.64. The van der Waals surface area contributed by atoms with Gasteiger partial charge in [-0.15, -0.1) is 5.10 Å². The van der Waals surface area contributed by atoms with Crippen molar-refractivity contribution in [1.29, 1.82) is 0 Å². The lowest BCUT2D eigenvalue weighted by Gasteiger charge is -2.32. The Labute approximate surface area is 183 Å². The van der Waals surface area contributed by atoms with Crippen molar-refractivity contribution in [2.75, 3.05) is 19.6 Å². The minimum Gasteiger partial charge on any atom is -0.338 e. The number of aryl methyl sites for hydroxylation is 1. The Morgan fingerprint density at radius 3 is 2.03 bits per heavy atom. The minimum absolute atomic E-state index is 0.0293. The van der Waals surface area contributed by atoms with Gasteiger partial charge in [0, 0.05) is 19.6 Å². The van der Waals surface area contributed by atoms with Crippen LogP contribution in [0.1, 0.15) is 56.0 Å². The predicted molar refractivity (Wildman–Crippen MR) is 119 cm³/mol. The second-order valence-corrected chi connectivity index (χ2v) is 10.7. The molecule has 0 unspecified atom stereocenters. The molecular formula is C21H30N4O3S2. The number of nitrogens with zero attached hydrogens (tertiary/aromatic N) is 3. The van der Waals surface area contributed by atoms with E-state index in [0.717, 1.165) is 52.2 Å². The van der Waals surface area contributed by atoms with Gasteiger partial charge in [0.25, 0.3) is 5.91 Å². The number of aromatic nitrogens is 2. The van der Waals surface area contributed by atoms with E-state index in [-0.39, 0.29) is 11.8 Å². The van der Waals surface area contributed by atoms with E-state index in [0.29, 0.717) is 35.1 Å². The molecule has 7 nitrogen and oxygen atoms in total. The Morgan fingerprint density at radius 2 is 1.53 bits per heavy atom. The van der Waals surface area contributed by atoms with Crippen LogP contribution in [0.3, 0.4) is 0 Å². The van der Waals surface area contributed by atoms with Gasteiger partial charge in [0.05, 0.1) is 10.6 Å². The lowest BCUT2D eigenvalue weighted by molar-refractivity contribution is 0.0696. The van der Waals surface area contributed by atoms with Gasteiger partial charge in [-0.05, 0) is 99.7 Å². The summed E-state index contributed by atoms with van der Waals surface area (Å²) in [6.07, 6.45) is 1.53. The van der Waals surface area contributed by atoms with Gasteiger partial charge in [0.2, 0.25) is 10.0 Å². The highest BCUT2D eigenvalue weighted by molar-refractivity contribution is 7.89. The average Bonchev–Trinajstić information content (AvgIpc) is 3.15. The number of piperidine rings is 1. The van der Waals surface area contributed by atoms with E-state index in [1.165, 1.54) is 0 Å². The van der Waals surface area contributed by atoms with Crippen LogP contribution in [0.4, 0.5) is 0 Å². The van der Waals surface area contributed by atoms with Crippen molar-refractivity contribution in [2.45, 2.75) is 59.3 Å². The van der Waals surface area contributed by atoms with Gasteiger partial charge < -0.3 is 4.90 Å². The Balaban J connectivity index is 1.65. The molecule has 1 fully saturated rings. The highest BCUT2D eigenvalue weighted by Crippen LogP contribution is 2.30. The van der Waals surface area contributed by atoms with Crippen molar-refractivity contribution in [3.8, 4) is 0 Å². The summed E-state index contributed by atoms with van der Waals surface area (Å²) in [6.45, 7) is 13.1. The van der Waals surface area contributed by atoms with Crippen molar-refractivity contribution < 1.29 is 13.2 Å². The minimum atomic E-state index is -3.60. The summed E-state index contributed by atoms with van der Waals surface area (Å²) >= 11 is 1.13. The number of sulfonamides is 1. The van der Waals surface area contributed by atoms with Crippen LogP contribution in [0.2, 0.25) is 0 Å². The molecule has 1 amide bonds. The van der Waals surface area contributed by atoms with Gasteiger partial charge in [0.15, 0.2) is 0 Å². The van der Waals surface area contributed by atoms with E-state index in [1.54, 1.807) is 6.92 Å². The molecule has 0 radical (unpaired) electrons. The van der Waals surface area contributed by atoms with Crippen LogP contribution < -0.4 is 4.72 Å². The molecule has 1 aliphatic heterocycles. The predicted octanol–water partition coefficient (Wildman–Crippen LogP) is 3.22. The molecule has 2 heterocycles. The van der Waals surface area contributed by atoms with Crippen LogP contribution in [-0.4, -0.2) is 48.4 Å². The number of carbonyl (C=O) groups excluding carboxylic acids is 1. The molecule has 1 aromatic heterocycles. The van der Waals surface area contributed by atoms with Crippen LogP contribution in [0.25, 0.3) is 0 Å². The molecule has 0 aliphatic carbocycles. The Bertz CT molecular complexity index is 1040. The maximum atomic E-state index is 13.1. The van der Waals surface area contributed by atoms with Gasteiger partial charge >= 0.3 is 0 Å². The first-order chi connectivity index (χ1) is 14.0. The summed E-state index contributed by atoms with van der Waals surface area (Å²) in [5.41, 5.74) is 5.49. The van der Waals surface area contributed by atoms with Crippen molar-refractivity contribution in [3.63, 3.8) is 0 Å². The summed E-state index contributed by atoms with van der Waals surface area (Å²) < 4.78 is 32.9. The number of carbonyl (C=O) groups is 1. The van der Waals surface area contributed by atoms with E-state index in [9.17, 15) is 13.2 Å². The maximum absolute atomic E-state index is 13.1. The zero-order valence-corrected chi connectivity index (χ0v) is 20.1. The summed E-state index contributed by atoms with van der Waals surface area (Å²) in [6, 6.07) is 0. The molecule has 9 heteroatoms. The topological polar surface area (TPSA) is 92.3 Å². The molecule has 1 N–H and O–H groups in total. The number of nitrogens with one attached hydrogen (secondary N) is 1. The van der Waals surface area contributed by atoms with Gasteiger partial charge in [-0.2, -0.15) is 0 Å². The fourth-order valence-electron chi connectivity index (χ4n) is 4.08. The number of rotatable bonds is 5. The Hall–Kier alpha value is -1.84. The highest BCUT2D eigenvalue weighted by Gasteiger charge is 2.28. The monoisotopic (exact) mass is 450 g/mol. The van der Waals surface area contributed by atoms with E-state index in [2.05, 4.69) is 14.3 Å². The normalized spacial score (nSPS) is 15.6. The lowest BCUT2D eigenvalue weighted by Crippen LogP contribution is -2.41. The number of likely N-dealkylation sites (tertiary alicyclic amines) is 1. The highest BCUT2D eigenvalue weighted by atomic mass is 32.2. The van der Waals surface area contributed by atoms with Gasteiger partial charge in [0.1, 0.15) is 4.88 Å². The van der Waals surface area contributed by atoms with Crippen molar-refractivity contribution in [2.24, 2.45) is 5.92 Å². The molecular weight excluding hydrogens is 420 g/mol. The Morgan fingerprint density at radius 1 is 1.00 bits per heavy atom. The molecule has 0 bridgehead atoms. The number of amides is 1. The van der Waals surface area contributed by atoms with E-state index in [1.807, 2.05) is 39.5 Å². The van der Waals surface area contributed by atoms with Gasteiger partial charge in [-0.25, -0.2) is 13.1 Å². The van der Waals surface area contributed by atoms with E-state index in [4.69, 9.17) is 0 Å². The zero-order valence-electron chi connectivity index (χ0n) is 18.5. The fraction of sp³-hybridized carbons (Fsp3) is 0.571. The number of benzene rings is 1. The number of hydrogen-bond donors (Lipinski definition) is 1. The first kappa shape index (κ1) is 22.8. The van der Waals surface area contributed by atoms with Crippen LogP contribution in [-0.2, 0) is 10.0 Å². The molecule has 2 aromatic rings. The molecule has 164 valence electrons. The standard InChI is InChI=1S/C21H30N4O3S2/c1-12-13(2)15(4)20(16(5)14(12)3)30(27,28)22-11-18-7-9-25(10-8-18)21(26)19-17(6)23-24-29-19/h18,22H,7-11H2,1-6H3. The average molecular weight is 451 g/mol. The third-order valence-corrected chi connectivity index (χ3v) is 9.02. The smallest absolute Gasteiger partial charge is 0.267 e. The van der Waals surface area contributed by atoms with Crippen LogP contribution >= 0.6 is 11.5 Å². The molecule has 0 saturated carbocycles. The second-order valence-electron chi connectivity index (χ2n) is 8.23. The van der Waals surface area contributed by atoms with Gasteiger partial charge in [-0.3, -0.25) is 4.79 Å². The summed E-state index contributed by atoms with van der Waals surface area (Å²) in [5, 5.41) is 3.91. The third-order valence-electron chi connectivity index (χ3n) is 6.51. The molecule has 1 aliphatic rings. The maximum Gasteiger partial charge on any atom is 0.267 e. The van der Waals surface area contributed by atoms with Crippen molar-refractivity contribution in [3.05, 3.63) is 38.4 Å². The lowest BCUT2D eigenvalue weighted by atomic mass is 9.95. The molecule has 1 saturated heterocycles. The van der Waals surface area contributed by atoms with E-state index >= 15 is 0 Å². The van der Waals surface area contributed by atoms with Crippen LogP contribution in [0.15, 0.2) is 4.90 Å². The SMILES string of the molecule is Cc1nnsc1C(=O)N1CCC(CNS(=O)(=O)c2c(C)c(C)c(C)c(C)c2C)CC1. The first-order valence-corrected chi connectivity index (χ1v) is 12.4. The molecule has 1 aromatic carbocycles. The summed E-state index contributed by atoms with van der Waals surface area (Å²) in [7, 11) is -3.60. The second kappa shape index (κ2) is 8.72. The fourth-order valence-corrected chi connectivity index (χ4v) is 6.42. The molecule has 0 spiro atoms. The van der Waals surface area contributed by atoms with Crippen molar-refractivity contribution >= 4 is 27.5 Å². The zero-order chi connectivity index (χ0) is 22.2. The summed E-state index contributed by atoms with van der Waals surface area (Å²) in [5.74, 6) is 0.177.